The molecule has 2 atom stereocenters. The van der Waals surface area contributed by atoms with Crippen LogP contribution in [0.5, 0.6) is 5.75 Å². The van der Waals surface area contributed by atoms with Gasteiger partial charge in [0, 0.05) is 5.92 Å². The second-order valence-corrected chi connectivity index (χ2v) is 5.05. The fourth-order valence-electron chi connectivity index (χ4n) is 2.81. The lowest BCUT2D eigenvalue weighted by atomic mass is 9.72. The van der Waals surface area contributed by atoms with Crippen LogP contribution >= 0.6 is 0 Å². The minimum atomic E-state index is -0.731. The molecule has 0 aromatic heterocycles. The van der Waals surface area contributed by atoms with Gasteiger partial charge in [-0.15, -0.1) is 0 Å². The fraction of sp³-hybridized carbons (Fsp3) is 0.500. The first-order valence-electron chi connectivity index (χ1n) is 6.04. The number of carboxylic acids is 1. The largest absolute Gasteiger partial charge is 0.508 e. The van der Waals surface area contributed by atoms with E-state index in [4.69, 9.17) is 0 Å². The summed E-state index contributed by atoms with van der Waals surface area (Å²) in [6.07, 6.45) is 2.33. The molecule has 0 heterocycles. The Hall–Kier alpha value is -1.51. The number of phenols is 1. The first-order valence-corrected chi connectivity index (χ1v) is 6.04. The summed E-state index contributed by atoms with van der Waals surface area (Å²) >= 11 is 0. The third-order valence-corrected chi connectivity index (χ3v) is 4.20. The predicted molar refractivity (Wildman–Crippen MR) is 65.2 cm³/mol. The second-order valence-electron chi connectivity index (χ2n) is 5.05. The summed E-state index contributed by atoms with van der Waals surface area (Å²) in [6.45, 7) is 3.74. The van der Waals surface area contributed by atoms with Crippen LogP contribution in [0.3, 0.4) is 0 Å². The number of phenolic OH excluding ortho intramolecular Hbond substituents is 1. The molecule has 3 heteroatoms. The summed E-state index contributed by atoms with van der Waals surface area (Å²) in [6, 6.07) is 5.28. The summed E-state index contributed by atoms with van der Waals surface area (Å²) < 4.78 is 0. The van der Waals surface area contributed by atoms with Crippen LogP contribution in [-0.2, 0) is 11.2 Å². The minimum Gasteiger partial charge on any atom is -0.508 e. The summed E-state index contributed by atoms with van der Waals surface area (Å²) in [5, 5.41) is 18.9. The summed E-state index contributed by atoms with van der Waals surface area (Å²) in [4.78, 5) is 11.5. The Labute approximate surface area is 101 Å². The summed E-state index contributed by atoms with van der Waals surface area (Å²) in [7, 11) is 0. The van der Waals surface area contributed by atoms with Crippen molar-refractivity contribution in [2.24, 2.45) is 5.41 Å². The fourth-order valence-corrected chi connectivity index (χ4v) is 2.81. The molecule has 1 aliphatic rings. The number of hydrogen-bond acceptors (Lipinski definition) is 2. The number of aliphatic carboxylic acids is 1. The van der Waals surface area contributed by atoms with E-state index in [0.717, 1.165) is 24.0 Å². The number of benzene rings is 1. The molecule has 0 saturated heterocycles. The van der Waals surface area contributed by atoms with Crippen molar-refractivity contribution in [3.63, 3.8) is 0 Å². The molecule has 3 nitrogen and oxygen atoms in total. The van der Waals surface area contributed by atoms with Gasteiger partial charge in [0.2, 0.25) is 0 Å². The maximum absolute atomic E-state index is 11.5. The molecule has 0 fully saturated rings. The van der Waals surface area contributed by atoms with E-state index in [1.54, 1.807) is 12.1 Å². The molecule has 1 aromatic rings. The molecular formula is C14H18O3. The number of hydrogen-bond donors (Lipinski definition) is 2. The second kappa shape index (κ2) is 4.06. The Kier molecular flexibility index (Phi) is 2.86. The van der Waals surface area contributed by atoms with Gasteiger partial charge in [-0.05, 0) is 49.4 Å². The molecule has 0 spiro atoms. The molecule has 0 radical (unpaired) electrons. The van der Waals surface area contributed by atoms with Crippen molar-refractivity contribution in [3.8, 4) is 5.75 Å². The highest BCUT2D eigenvalue weighted by atomic mass is 16.4. The number of aryl methyl sites for hydroxylation is 1. The zero-order valence-electron chi connectivity index (χ0n) is 10.2. The Balaban J connectivity index is 2.42. The van der Waals surface area contributed by atoms with E-state index in [2.05, 4.69) is 0 Å². The maximum Gasteiger partial charge on any atom is 0.309 e. The first kappa shape index (κ1) is 12.0. The van der Waals surface area contributed by atoms with Crippen molar-refractivity contribution in [2.75, 3.05) is 0 Å². The van der Waals surface area contributed by atoms with E-state index in [1.807, 2.05) is 19.9 Å². The van der Waals surface area contributed by atoms with Crippen molar-refractivity contribution >= 4 is 5.97 Å². The summed E-state index contributed by atoms with van der Waals surface area (Å²) in [5.41, 5.74) is 1.48. The number of carboxylic acid groups (broad SMARTS) is 1. The van der Waals surface area contributed by atoms with Gasteiger partial charge in [0.25, 0.3) is 0 Å². The number of carbonyl (C=O) groups is 1. The molecule has 0 amide bonds. The third kappa shape index (κ3) is 1.79. The van der Waals surface area contributed by atoms with Crippen LogP contribution in [0.25, 0.3) is 0 Å². The lowest BCUT2D eigenvalue weighted by molar-refractivity contribution is -0.149. The highest BCUT2D eigenvalue weighted by Gasteiger charge is 2.43. The zero-order valence-corrected chi connectivity index (χ0v) is 10.2. The van der Waals surface area contributed by atoms with E-state index < -0.39 is 11.4 Å². The highest BCUT2D eigenvalue weighted by molar-refractivity contribution is 5.76. The molecule has 1 aromatic carbocycles. The highest BCUT2D eigenvalue weighted by Crippen LogP contribution is 2.47. The van der Waals surface area contributed by atoms with Crippen molar-refractivity contribution in [2.45, 2.75) is 39.0 Å². The SMILES string of the molecule is CCC(C)(C(=O)O)C1CCc2cc(O)ccc21. The van der Waals surface area contributed by atoms with Crippen LogP contribution in [-0.4, -0.2) is 16.2 Å². The molecule has 0 saturated carbocycles. The standard InChI is InChI=1S/C14H18O3/c1-3-14(2,13(16)17)12-7-4-9-8-10(15)5-6-11(9)12/h5-6,8,12,15H,3-4,7H2,1-2H3,(H,16,17). The molecule has 92 valence electrons. The topological polar surface area (TPSA) is 57.5 Å². The molecule has 2 unspecified atom stereocenters. The van der Waals surface area contributed by atoms with E-state index in [0.29, 0.717) is 6.42 Å². The van der Waals surface area contributed by atoms with Gasteiger partial charge >= 0.3 is 5.97 Å². The third-order valence-electron chi connectivity index (χ3n) is 4.20. The Morgan fingerprint density at radius 3 is 2.82 bits per heavy atom. The lowest BCUT2D eigenvalue weighted by Gasteiger charge is -2.30. The molecule has 2 N–H and O–H groups in total. The first-order chi connectivity index (χ1) is 7.99. The van der Waals surface area contributed by atoms with Crippen LogP contribution < -0.4 is 0 Å². The average molecular weight is 234 g/mol. The summed E-state index contributed by atoms with van der Waals surface area (Å²) in [5.74, 6) is -0.413. The van der Waals surface area contributed by atoms with Gasteiger partial charge < -0.3 is 10.2 Å². The Morgan fingerprint density at radius 2 is 2.24 bits per heavy atom. The number of rotatable bonds is 3. The predicted octanol–water partition coefficient (Wildman–Crippen LogP) is 2.92. The zero-order chi connectivity index (χ0) is 12.6. The van der Waals surface area contributed by atoms with Crippen molar-refractivity contribution in [3.05, 3.63) is 29.3 Å². The van der Waals surface area contributed by atoms with Gasteiger partial charge in [0.15, 0.2) is 0 Å². The molecule has 1 aliphatic carbocycles. The van der Waals surface area contributed by atoms with Gasteiger partial charge in [-0.2, -0.15) is 0 Å². The van der Waals surface area contributed by atoms with E-state index in [-0.39, 0.29) is 11.7 Å². The molecule has 17 heavy (non-hydrogen) atoms. The van der Waals surface area contributed by atoms with E-state index in [1.165, 1.54) is 0 Å². The van der Waals surface area contributed by atoms with Gasteiger partial charge in [-0.1, -0.05) is 13.0 Å². The number of aromatic hydroxyl groups is 1. The molecule has 0 aliphatic heterocycles. The lowest BCUT2D eigenvalue weighted by Crippen LogP contribution is -2.32. The molecule has 0 bridgehead atoms. The van der Waals surface area contributed by atoms with E-state index >= 15 is 0 Å². The van der Waals surface area contributed by atoms with Crippen LogP contribution in [0.15, 0.2) is 18.2 Å². The number of fused-ring (bicyclic) bond motifs is 1. The van der Waals surface area contributed by atoms with Gasteiger partial charge in [0.1, 0.15) is 5.75 Å². The Morgan fingerprint density at radius 1 is 1.53 bits per heavy atom. The van der Waals surface area contributed by atoms with Crippen LogP contribution in [0.2, 0.25) is 0 Å². The van der Waals surface area contributed by atoms with Gasteiger partial charge in [-0.25, -0.2) is 0 Å². The minimum absolute atomic E-state index is 0.0561. The van der Waals surface area contributed by atoms with E-state index in [9.17, 15) is 15.0 Å². The van der Waals surface area contributed by atoms with Crippen LogP contribution in [0.1, 0.15) is 43.7 Å². The quantitative estimate of drug-likeness (QED) is 0.845. The van der Waals surface area contributed by atoms with Crippen molar-refractivity contribution in [1.82, 2.24) is 0 Å². The molecular weight excluding hydrogens is 216 g/mol. The van der Waals surface area contributed by atoms with Crippen molar-refractivity contribution < 1.29 is 15.0 Å². The van der Waals surface area contributed by atoms with Gasteiger partial charge in [0.05, 0.1) is 5.41 Å². The average Bonchev–Trinajstić information content (AvgIpc) is 2.70. The van der Waals surface area contributed by atoms with Crippen molar-refractivity contribution in [1.29, 1.82) is 0 Å². The van der Waals surface area contributed by atoms with Gasteiger partial charge in [-0.3, -0.25) is 4.79 Å². The Bertz CT molecular complexity index is 453. The van der Waals surface area contributed by atoms with Crippen LogP contribution in [0.4, 0.5) is 0 Å². The monoisotopic (exact) mass is 234 g/mol. The van der Waals surface area contributed by atoms with Crippen LogP contribution in [0, 0.1) is 5.41 Å². The normalized spacial score (nSPS) is 21.9. The maximum atomic E-state index is 11.5. The molecule has 2 rings (SSSR count). The smallest absolute Gasteiger partial charge is 0.309 e.